The smallest absolute Gasteiger partial charge is 0.410 e. The Hall–Kier alpha value is -1.79. The Labute approximate surface area is 214 Å². The number of ether oxygens (including phenoxy) is 3. The first kappa shape index (κ1) is 27.5. The predicted octanol–water partition coefficient (Wildman–Crippen LogP) is 2.55. The molecule has 0 bridgehead atoms. The number of carbonyl (C=O) groups is 1. The van der Waals surface area contributed by atoms with Crippen LogP contribution in [0, 0.1) is 0 Å². The lowest BCUT2D eigenvalue weighted by Crippen LogP contribution is -2.53. The van der Waals surface area contributed by atoms with Gasteiger partial charge in [0.1, 0.15) is 11.4 Å². The van der Waals surface area contributed by atoms with Crippen LogP contribution in [0.5, 0.6) is 5.75 Å². The number of halogens is 1. The molecule has 2 saturated heterocycles. The summed E-state index contributed by atoms with van der Waals surface area (Å²) in [5.74, 6) is 1.35. The van der Waals surface area contributed by atoms with E-state index in [1.54, 1.807) is 12.0 Å². The summed E-state index contributed by atoms with van der Waals surface area (Å²) in [4.78, 5) is 23.2. The van der Waals surface area contributed by atoms with Crippen molar-refractivity contribution in [2.24, 2.45) is 10.7 Å². The van der Waals surface area contributed by atoms with Crippen molar-refractivity contribution < 1.29 is 19.0 Å². The number of rotatable bonds is 5. The van der Waals surface area contributed by atoms with Gasteiger partial charge in [0, 0.05) is 39.3 Å². The Morgan fingerprint density at radius 2 is 1.64 bits per heavy atom. The van der Waals surface area contributed by atoms with Crippen molar-refractivity contribution in [3.05, 3.63) is 29.8 Å². The quantitative estimate of drug-likeness (QED) is 0.328. The molecule has 2 aliphatic rings. The molecule has 0 radical (unpaired) electrons. The van der Waals surface area contributed by atoms with E-state index in [0.717, 1.165) is 32.1 Å². The fourth-order valence-electron chi connectivity index (χ4n) is 3.87. The summed E-state index contributed by atoms with van der Waals surface area (Å²) in [6, 6.07) is 8.25. The highest BCUT2D eigenvalue weighted by atomic mass is 127. The van der Waals surface area contributed by atoms with Gasteiger partial charge in [0.25, 0.3) is 0 Å². The standard InChI is InChI=1S/C23H37N5O4.HI/c1-23(2,3)32-22(29)28-11-9-27(10-12-28)21(24)25-17-20(26-13-15-31-16-14-26)18-5-7-19(30-4)8-6-18;/h5-8,20H,9-17H2,1-4H3,(H2,24,25);1H. The lowest BCUT2D eigenvalue weighted by molar-refractivity contribution is 0.0172. The summed E-state index contributed by atoms with van der Waals surface area (Å²) in [6.45, 7) is 11.8. The van der Waals surface area contributed by atoms with Gasteiger partial charge in [-0.3, -0.25) is 9.89 Å². The highest BCUT2D eigenvalue weighted by molar-refractivity contribution is 14.0. The van der Waals surface area contributed by atoms with E-state index in [2.05, 4.69) is 17.0 Å². The number of morpholine rings is 1. The molecule has 0 aliphatic carbocycles. The summed E-state index contributed by atoms with van der Waals surface area (Å²) in [5.41, 5.74) is 7.04. The fourth-order valence-corrected chi connectivity index (χ4v) is 3.87. The van der Waals surface area contributed by atoms with Crippen LogP contribution >= 0.6 is 24.0 Å². The normalized spacial score (nSPS) is 19.0. The SMILES string of the molecule is COc1ccc(C(CN=C(N)N2CCN(C(=O)OC(C)(C)C)CC2)N2CCOCC2)cc1.I. The third-order valence-corrected chi connectivity index (χ3v) is 5.67. The first-order chi connectivity index (χ1) is 15.3. The molecule has 1 aromatic rings. The molecule has 0 spiro atoms. The average Bonchev–Trinajstić information content (AvgIpc) is 2.79. The molecule has 1 atom stereocenters. The van der Waals surface area contributed by atoms with E-state index in [0.29, 0.717) is 38.7 Å². The van der Waals surface area contributed by atoms with Crippen LogP contribution in [-0.4, -0.2) is 98.5 Å². The second-order valence-electron chi connectivity index (χ2n) is 9.09. The number of amides is 1. The van der Waals surface area contributed by atoms with Crippen LogP contribution in [-0.2, 0) is 9.47 Å². The van der Waals surface area contributed by atoms with Crippen LogP contribution in [0.3, 0.4) is 0 Å². The number of carbonyl (C=O) groups excluding carboxylic acids is 1. The van der Waals surface area contributed by atoms with Gasteiger partial charge in [-0.05, 0) is 38.5 Å². The average molecular weight is 575 g/mol. The molecular formula is C23H38IN5O4. The number of aliphatic imine (C=N–C) groups is 1. The van der Waals surface area contributed by atoms with Gasteiger partial charge in [0.2, 0.25) is 0 Å². The molecule has 2 fully saturated rings. The zero-order chi connectivity index (χ0) is 23.1. The molecule has 1 aromatic carbocycles. The highest BCUT2D eigenvalue weighted by Gasteiger charge is 2.27. The summed E-state index contributed by atoms with van der Waals surface area (Å²) in [6.07, 6.45) is -0.278. The second-order valence-corrected chi connectivity index (χ2v) is 9.09. The van der Waals surface area contributed by atoms with Crippen molar-refractivity contribution in [2.75, 3.05) is 66.1 Å². The van der Waals surface area contributed by atoms with E-state index in [9.17, 15) is 4.79 Å². The van der Waals surface area contributed by atoms with E-state index in [4.69, 9.17) is 24.9 Å². The summed E-state index contributed by atoms with van der Waals surface area (Å²) in [5, 5.41) is 0. The number of hydrogen-bond acceptors (Lipinski definition) is 6. The van der Waals surface area contributed by atoms with Gasteiger partial charge in [0.15, 0.2) is 5.96 Å². The van der Waals surface area contributed by atoms with E-state index >= 15 is 0 Å². The van der Waals surface area contributed by atoms with E-state index in [1.165, 1.54) is 5.56 Å². The molecule has 33 heavy (non-hydrogen) atoms. The van der Waals surface area contributed by atoms with Crippen LogP contribution in [0.15, 0.2) is 29.3 Å². The number of hydrogen-bond donors (Lipinski definition) is 1. The first-order valence-corrected chi connectivity index (χ1v) is 11.3. The molecule has 2 heterocycles. The Kier molecular flexibility index (Phi) is 10.5. The van der Waals surface area contributed by atoms with Crippen LogP contribution in [0.4, 0.5) is 4.79 Å². The molecule has 3 rings (SSSR count). The third-order valence-electron chi connectivity index (χ3n) is 5.67. The third kappa shape index (κ3) is 8.18. The first-order valence-electron chi connectivity index (χ1n) is 11.3. The lowest BCUT2D eigenvalue weighted by Gasteiger charge is -2.37. The largest absolute Gasteiger partial charge is 0.497 e. The number of methoxy groups -OCH3 is 1. The summed E-state index contributed by atoms with van der Waals surface area (Å²) in [7, 11) is 1.67. The number of benzene rings is 1. The maximum atomic E-state index is 12.3. The predicted molar refractivity (Wildman–Crippen MR) is 139 cm³/mol. The van der Waals surface area contributed by atoms with Crippen molar-refractivity contribution in [1.82, 2.24) is 14.7 Å². The van der Waals surface area contributed by atoms with Gasteiger partial charge < -0.3 is 29.7 Å². The zero-order valence-electron chi connectivity index (χ0n) is 20.2. The molecule has 1 amide bonds. The van der Waals surface area contributed by atoms with Crippen molar-refractivity contribution in [1.29, 1.82) is 0 Å². The van der Waals surface area contributed by atoms with Gasteiger partial charge >= 0.3 is 6.09 Å². The monoisotopic (exact) mass is 575 g/mol. The van der Waals surface area contributed by atoms with Crippen LogP contribution in [0.2, 0.25) is 0 Å². The summed E-state index contributed by atoms with van der Waals surface area (Å²) < 4.78 is 16.3. The number of guanidine groups is 1. The molecule has 2 N–H and O–H groups in total. The van der Waals surface area contributed by atoms with Crippen LogP contribution < -0.4 is 10.5 Å². The molecular weight excluding hydrogens is 537 g/mol. The maximum Gasteiger partial charge on any atom is 0.410 e. The Morgan fingerprint density at radius 3 is 2.18 bits per heavy atom. The lowest BCUT2D eigenvalue weighted by atomic mass is 10.0. The van der Waals surface area contributed by atoms with Gasteiger partial charge in [-0.1, -0.05) is 12.1 Å². The van der Waals surface area contributed by atoms with Crippen molar-refractivity contribution in [2.45, 2.75) is 32.4 Å². The van der Waals surface area contributed by atoms with E-state index in [-0.39, 0.29) is 36.1 Å². The topological polar surface area (TPSA) is 92.9 Å². The number of piperazine rings is 1. The van der Waals surface area contributed by atoms with E-state index in [1.807, 2.05) is 37.8 Å². The molecule has 9 nitrogen and oxygen atoms in total. The maximum absolute atomic E-state index is 12.3. The van der Waals surface area contributed by atoms with Crippen LogP contribution in [0.1, 0.15) is 32.4 Å². The number of nitrogens with two attached hydrogens (primary N) is 1. The molecule has 1 unspecified atom stereocenters. The fraction of sp³-hybridized carbons (Fsp3) is 0.652. The minimum absolute atomic E-state index is 0. The Morgan fingerprint density at radius 1 is 1.06 bits per heavy atom. The van der Waals surface area contributed by atoms with Gasteiger partial charge in [-0.2, -0.15) is 0 Å². The second kappa shape index (κ2) is 12.6. The van der Waals surface area contributed by atoms with Crippen molar-refractivity contribution in [3.63, 3.8) is 0 Å². The number of nitrogens with zero attached hydrogens (tertiary/aromatic N) is 4. The molecule has 0 saturated carbocycles. The summed E-state index contributed by atoms with van der Waals surface area (Å²) >= 11 is 0. The van der Waals surface area contributed by atoms with Crippen molar-refractivity contribution >= 4 is 36.0 Å². The van der Waals surface area contributed by atoms with Crippen LogP contribution in [0.25, 0.3) is 0 Å². The molecule has 0 aromatic heterocycles. The van der Waals surface area contributed by atoms with Crippen molar-refractivity contribution in [3.8, 4) is 5.75 Å². The highest BCUT2D eigenvalue weighted by Crippen LogP contribution is 2.24. The van der Waals surface area contributed by atoms with Gasteiger partial charge in [-0.25, -0.2) is 4.79 Å². The van der Waals surface area contributed by atoms with Gasteiger partial charge in [0.05, 0.1) is 32.9 Å². The molecule has 186 valence electrons. The zero-order valence-corrected chi connectivity index (χ0v) is 22.5. The Bertz CT molecular complexity index is 770. The van der Waals surface area contributed by atoms with E-state index < -0.39 is 5.60 Å². The van der Waals surface area contributed by atoms with Gasteiger partial charge in [-0.15, -0.1) is 24.0 Å². The molecule has 10 heteroatoms. The minimum Gasteiger partial charge on any atom is -0.497 e. The Balaban J connectivity index is 0.00000385. The molecule has 2 aliphatic heterocycles. The minimum atomic E-state index is -0.495.